The minimum absolute atomic E-state index is 0.388. The Labute approximate surface area is 87.9 Å². The molecule has 2 heteroatoms. The number of thioether (sulfide) groups is 1. The molecular formula is C11H25NS. The predicted octanol–water partition coefficient (Wildman–Crippen LogP) is 3.28. The SMILES string of the molecule is CCC(C)CSCCCCC(C)N. The molecule has 0 amide bonds. The summed E-state index contributed by atoms with van der Waals surface area (Å²) in [4.78, 5) is 0. The Morgan fingerprint density at radius 3 is 2.46 bits per heavy atom. The quantitative estimate of drug-likeness (QED) is 0.613. The van der Waals surface area contributed by atoms with Crippen LogP contribution >= 0.6 is 11.8 Å². The van der Waals surface area contributed by atoms with Crippen LogP contribution in [-0.4, -0.2) is 17.5 Å². The van der Waals surface area contributed by atoms with Gasteiger partial charge >= 0.3 is 0 Å². The van der Waals surface area contributed by atoms with Gasteiger partial charge < -0.3 is 5.73 Å². The number of rotatable bonds is 8. The summed E-state index contributed by atoms with van der Waals surface area (Å²) in [7, 11) is 0. The lowest BCUT2D eigenvalue weighted by molar-refractivity contribution is 0.616. The summed E-state index contributed by atoms with van der Waals surface area (Å²) in [6, 6.07) is 0.388. The van der Waals surface area contributed by atoms with Crippen molar-refractivity contribution >= 4 is 11.8 Å². The van der Waals surface area contributed by atoms with Crippen LogP contribution in [-0.2, 0) is 0 Å². The average Bonchev–Trinajstić information content (AvgIpc) is 2.10. The molecule has 0 aromatic carbocycles. The molecule has 0 radical (unpaired) electrons. The molecule has 2 unspecified atom stereocenters. The fraction of sp³-hybridized carbons (Fsp3) is 1.00. The molecular weight excluding hydrogens is 178 g/mol. The fourth-order valence-corrected chi connectivity index (χ4v) is 2.29. The summed E-state index contributed by atoms with van der Waals surface area (Å²) in [5.41, 5.74) is 5.67. The first-order valence-electron chi connectivity index (χ1n) is 5.50. The molecule has 0 aliphatic carbocycles. The smallest absolute Gasteiger partial charge is 0.00104 e. The average molecular weight is 203 g/mol. The van der Waals surface area contributed by atoms with E-state index in [1.807, 2.05) is 0 Å². The molecule has 0 aliphatic heterocycles. The highest BCUT2D eigenvalue weighted by Gasteiger charge is 1.98. The van der Waals surface area contributed by atoms with Gasteiger partial charge in [0.25, 0.3) is 0 Å². The molecule has 0 aromatic rings. The van der Waals surface area contributed by atoms with Gasteiger partial charge in [-0.05, 0) is 37.2 Å². The van der Waals surface area contributed by atoms with Crippen LogP contribution in [0.15, 0.2) is 0 Å². The monoisotopic (exact) mass is 203 g/mol. The van der Waals surface area contributed by atoms with Crippen LogP contribution < -0.4 is 5.73 Å². The molecule has 2 N–H and O–H groups in total. The van der Waals surface area contributed by atoms with Gasteiger partial charge in [-0.15, -0.1) is 0 Å². The van der Waals surface area contributed by atoms with Crippen molar-refractivity contribution in [2.75, 3.05) is 11.5 Å². The highest BCUT2D eigenvalue weighted by Crippen LogP contribution is 2.13. The second kappa shape index (κ2) is 8.89. The van der Waals surface area contributed by atoms with Gasteiger partial charge in [-0.1, -0.05) is 26.7 Å². The Morgan fingerprint density at radius 2 is 1.92 bits per heavy atom. The zero-order valence-corrected chi connectivity index (χ0v) is 10.2. The maximum absolute atomic E-state index is 5.67. The van der Waals surface area contributed by atoms with Crippen molar-refractivity contribution in [3.8, 4) is 0 Å². The molecule has 0 aromatic heterocycles. The van der Waals surface area contributed by atoms with Gasteiger partial charge in [0, 0.05) is 6.04 Å². The van der Waals surface area contributed by atoms with E-state index in [1.165, 1.54) is 37.2 Å². The van der Waals surface area contributed by atoms with Gasteiger partial charge in [0.05, 0.1) is 0 Å². The third kappa shape index (κ3) is 10.2. The lowest BCUT2D eigenvalue weighted by Crippen LogP contribution is -2.14. The van der Waals surface area contributed by atoms with Gasteiger partial charge in [0.1, 0.15) is 0 Å². The number of hydrogen-bond acceptors (Lipinski definition) is 2. The lowest BCUT2D eigenvalue weighted by Gasteiger charge is -2.08. The summed E-state index contributed by atoms with van der Waals surface area (Å²) in [5, 5.41) is 0. The number of nitrogens with two attached hydrogens (primary N) is 1. The van der Waals surface area contributed by atoms with E-state index in [4.69, 9.17) is 5.73 Å². The van der Waals surface area contributed by atoms with Crippen LogP contribution in [0.1, 0.15) is 46.5 Å². The predicted molar refractivity (Wildman–Crippen MR) is 64.3 cm³/mol. The summed E-state index contributed by atoms with van der Waals surface area (Å²) in [6.45, 7) is 6.68. The molecule has 0 saturated carbocycles. The molecule has 80 valence electrons. The lowest BCUT2D eigenvalue weighted by atomic mass is 10.2. The van der Waals surface area contributed by atoms with E-state index in [-0.39, 0.29) is 0 Å². The van der Waals surface area contributed by atoms with Crippen molar-refractivity contribution in [2.24, 2.45) is 11.7 Å². The van der Waals surface area contributed by atoms with Gasteiger partial charge in [-0.2, -0.15) is 11.8 Å². The minimum atomic E-state index is 0.388. The van der Waals surface area contributed by atoms with Crippen molar-refractivity contribution in [1.82, 2.24) is 0 Å². The standard InChI is InChI=1S/C11H25NS/c1-4-10(2)9-13-8-6-5-7-11(3)12/h10-11H,4-9,12H2,1-3H3. The molecule has 0 aliphatic rings. The van der Waals surface area contributed by atoms with Crippen LogP contribution in [0, 0.1) is 5.92 Å². The molecule has 0 bridgehead atoms. The first-order chi connectivity index (χ1) is 6.16. The number of hydrogen-bond donors (Lipinski definition) is 1. The van der Waals surface area contributed by atoms with E-state index in [2.05, 4.69) is 32.5 Å². The zero-order chi connectivity index (χ0) is 10.1. The van der Waals surface area contributed by atoms with Crippen molar-refractivity contribution < 1.29 is 0 Å². The molecule has 2 atom stereocenters. The van der Waals surface area contributed by atoms with Gasteiger partial charge in [0.15, 0.2) is 0 Å². The van der Waals surface area contributed by atoms with Crippen molar-refractivity contribution in [3.05, 3.63) is 0 Å². The molecule has 1 nitrogen and oxygen atoms in total. The third-order valence-corrected chi connectivity index (χ3v) is 3.68. The highest BCUT2D eigenvalue weighted by molar-refractivity contribution is 7.99. The van der Waals surface area contributed by atoms with E-state index in [0.717, 1.165) is 5.92 Å². The third-order valence-electron chi connectivity index (χ3n) is 2.30. The van der Waals surface area contributed by atoms with Gasteiger partial charge in [-0.3, -0.25) is 0 Å². The second-order valence-electron chi connectivity index (χ2n) is 4.06. The van der Waals surface area contributed by atoms with Crippen molar-refractivity contribution in [1.29, 1.82) is 0 Å². The summed E-state index contributed by atoms with van der Waals surface area (Å²) in [6.07, 6.45) is 5.13. The maximum atomic E-state index is 5.67. The van der Waals surface area contributed by atoms with Gasteiger partial charge in [-0.25, -0.2) is 0 Å². The van der Waals surface area contributed by atoms with Crippen LogP contribution in [0.2, 0.25) is 0 Å². The summed E-state index contributed by atoms with van der Waals surface area (Å²) < 4.78 is 0. The summed E-state index contributed by atoms with van der Waals surface area (Å²) in [5.74, 6) is 3.53. The van der Waals surface area contributed by atoms with Crippen LogP contribution in [0.3, 0.4) is 0 Å². The van der Waals surface area contributed by atoms with Crippen molar-refractivity contribution in [3.63, 3.8) is 0 Å². The maximum Gasteiger partial charge on any atom is 0.00104 e. The van der Waals surface area contributed by atoms with Crippen molar-refractivity contribution in [2.45, 2.75) is 52.5 Å². The Hall–Kier alpha value is 0.310. The first-order valence-corrected chi connectivity index (χ1v) is 6.65. The molecule has 0 fully saturated rings. The van der Waals surface area contributed by atoms with Crippen LogP contribution in [0.4, 0.5) is 0 Å². The second-order valence-corrected chi connectivity index (χ2v) is 5.21. The first kappa shape index (κ1) is 13.3. The normalized spacial score (nSPS) is 15.7. The highest BCUT2D eigenvalue weighted by atomic mass is 32.2. The molecule has 13 heavy (non-hydrogen) atoms. The Balaban J connectivity index is 2.99. The van der Waals surface area contributed by atoms with E-state index in [0.29, 0.717) is 6.04 Å². The Kier molecular flexibility index (Phi) is 9.10. The molecule has 0 rings (SSSR count). The van der Waals surface area contributed by atoms with Crippen LogP contribution in [0.5, 0.6) is 0 Å². The van der Waals surface area contributed by atoms with E-state index >= 15 is 0 Å². The Morgan fingerprint density at radius 1 is 1.23 bits per heavy atom. The molecule has 0 spiro atoms. The fourth-order valence-electron chi connectivity index (χ4n) is 1.07. The zero-order valence-electron chi connectivity index (χ0n) is 9.38. The van der Waals surface area contributed by atoms with E-state index in [1.54, 1.807) is 0 Å². The molecule has 0 heterocycles. The largest absolute Gasteiger partial charge is 0.328 e. The number of unbranched alkanes of at least 4 members (excludes halogenated alkanes) is 1. The molecule has 0 saturated heterocycles. The van der Waals surface area contributed by atoms with E-state index in [9.17, 15) is 0 Å². The summed E-state index contributed by atoms with van der Waals surface area (Å²) >= 11 is 2.10. The van der Waals surface area contributed by atoms with E-state index < -0.39 is 0 Å². The topological polar surface area (TPSA) is 26.0 Å². The van der Waals surface area contributed by atoms with Crippen LogP contribution in [0.25, 0.3) is 0 Å². The van der Waals surface area contributed by atoms with Gasteiger partial charge in [0.2, 0.25) is 0 Å². The Bertz CT molecular complexity index is 104. The minimum Gasteiger partial charge on any atom is -0.328 e.